The Morgan fingerprint density at radius 3 is 2.78 bits per heavy atom. The van der Waals surface area contributed by atoms with Gasteiger partial charge in [0.05, 0.1) is 28.5 Å². The Morgan fingerprint density at radius 1 is 1.43 bits per heavy atom. The highest BCUT2D eigenvalue weighted by Gasteiger charge is 2.14. The molecule has 0 saturated carbocycles. The zero-order chi connectivity index (χ0) is 16.8. The summed E-state index contributed by atoms with van der Waals surface area (Å²) in [6, 6.07) is 3.16. The van der Waals surface area contributed by atoms with E-state index in [1.165, 1.54) is 17.1 Å². The first-order valence-corrected chi connectivity index (χ1v) is 8.81. The third kappa shape index (κ3) is 3.20. The second-order valence-electron chi connectivity index (χ2n) is 5.07. The lowest BCUT2D eigenvalue weighted by atomic mass is 10.2. The van der Waals surface area contributed by atoms with Gasteiger partial charge in [-0.15, -0.1) is 0 Å². The summed E-state index contributed by atoms with van der Waals surface area (Å²) in [4.78, 5) is 18.1. The number of carboxylic acid groups (broad SMARTS) is 1. The van der Waals surface area contributed by atoms with Gasteiger partial charge in [0.15, 0.2) is 9.84 Å². The smallest absolute Gasteiger partial charge is 0.338 e. The number of benzene rings is 1. The molecule has 0 bridgehead atoms. The van der Waals surface area contributed by atoms with Gasteiger partial charge in [0.25, 0.3) is 0 Å². The van der Waals surface area contributed by atoms with Gasteiger partial charge >= 0.3 is 5.97 Å². The van der Waals surface area contributed by atoms with Gasteiger partial charge in [0, 0.05) is 17.5 Å². The summed E-state index contributed by atoms with van der Waals surface area (Å²) >= 11 is 6.09. The van der Waals surface area contributed by atoms with Crippen molar-refractivity contribution in [3.63, 3.8) is 0 Å². The second kappa shape index (κ2) is 5.36. The zero-order valence-corrected chi connectivity index (χ0v) is 13.4. The van der Waals surface area contributed by atoms with E-state index in [9.17, 15) is 13.2 Å². The third-order valence-corrected chi connectivity index (χ3v) is 4.29. The van der Waals surface area contributed by atoms with Crippen molar-refractivity contribution in [2.24, 2.45) is 0 Å². The number of sulfone groups is 1. The summed E-state index contributed by atoms with van der Waals surface area (Å²) in [5, 5.41) is 13.1. The first-order chi connectivity index (χ1) is 10.7. The molecule has 0 aliphatic heterocycles. The molecular weight excluding hydrogens is 344 g/mol. The molecule has 0 spiro atoms. The number of aromatic carboxylic acids is 1. The molecule has 0 aliphatic carbocycles. The van der Waals surface area contributed by atoms with Gasteiger partial charge in [0.1, 0.15) is 0 Å². The van der Waals surface area contributed by atoms with E-state index in [0.717, 1.165) is 6.26 Å². The van der Waals surface area contributed by atoms with Gasteiger partial charge in [-0.3, -0.25) is 0 Å². The number of H-pyrrole nitrogens is 1. The predicted octanol–water partition coefficient (Wildman–Crippen LogP) is 1.64. The van der Waals surface area contributed by atoms with Crippen LogP contribution in [0.2, 0.25) is 5.02 Å². The van der Waals surface area contributed by atoms with Crippen molar-refractivity contribution < 1.29 is 18.3 Å². The topological polar surface area (TPSA) is 118 Å². The van der Waals surface area contributed by atoms with Gasteiger partial charge < -0.3 is 10.1 Å². The maximum atomic E-state index is 11.4. The van der Waals surface area contributed by atoms with Crippen molar-refractivity contribution >= 4 is 38.4 Å². The quantitative estimate of drug-likeness (QED) is 0.735. The molecule has 0 radical (unpaired) electrons. The van der Waals surface area contributed by atoms with Gasteiger partial charge in [-0.1, -0.05) is 11.6 Å². The molecule has 23 heavy (non-hydrogen) atoms. The van der Waals surface area contributed by atoms with Crippen LogP contribution >= 0.6 is 11.6 Å². The van der Waals surface area contributed by atoms with Crippen molar-refractivity contribution in [3.05, 3.63) is 40.7 Å². The average molecular weight is 355 g/mol. The molecule has 3 aromatic rings. The molecule has 0 unspecified atom stereocenters. The van der Waals surface area contributed by atoms with E-state index in [-0.39, 0.29) is 11.3 Å². The molecule has 10 heteroatoms. The lowest BCUT2D eigenvalue weighted by Gasteiger charge is -2.02. The number of aromatic nitrogens is 4. The van der Waals surface area contributed by atoms with Crippen LogP contribution in [0.5, 0.6) is 0 Å². The van der Waals surface area contributed by atoms with Gasteiger partial charge in [0.2, 0.25) is 5.95 Å². The number of aromatic amines is 1. The average Bonchev–Trinajstić information content (AvgIpc) is 3.03. The molecule has 0 atom stereocenters. The molecule has 0 fully saturated rings. The molecule has 2 N–H and O–H groups in total. The zero-order valence-electron chi connectivity index (χ0n) is 11.8. The van der Waals surface area contributed by atoms with E-state index in [1.807, 2.05) is 0 Å². The van der Waals surface area contributed by atoms with Crippen LogP contribution in [-0.2, 0) is 15.6 Å². The standard InChI is InChI=1S/C13H11ClN4O4S/c1-23(21,22)6-7-2-10-11(3-9(7)14)17-13(16-10)18-5-8(4-15-18)12(19)20/h2-5H,6H2,1H3,(H,16,17)(H,19,20). The Bertz CT molecular complexity index is 1020. The van der Waals surface area contributed by atoms with Crippen molar-refractivity contribution in [3.8, 4) is 5.95 Å². The fourth-order valence-corrected chi connectivity index (χ4v) is 3.22. The fourth-order valence-electron chi connectivity index (χ4n) is 2.11. The number of imidazole rings is 1. The van der Waals surface area contributed by atoms with Crippen molar-refractivity contribution in [2.45, 2.75) is 5.75 Å². The number of nitrogens with one attached hydrogen (secondary N) is 1. The number of hydrogen-bond donors (Lipinski definition) is 2. The normalized spacial score (nSPS) is 11.9. The van der Waals surface area contributed by atoms with Crippen molar-refractivity contribution in [2.75, 3.05) is 6.26 Å². The summed E-state index contributed by atoms with van der Waals surface area (Å²) in [6.07, 6.45) is 3.65. The number of rotatable bonds is 4. The minimum Gasteiger partial charge on any atom is -0.478 e. The van der Waals surface area contributed by atoms with Crippen LogP contribution < -0.4 is 0 Å². The van der Waals surface area contributed by atoms with E-state index >= 15 is 0 Å². The lowest BCUT2D eigenvalue weighted by Crippen LogP contribution is -2.01. The number of carboxylic acids is 1. The Balaban J connectivity index is 2.06. The molecule has 2 heterocycles. The summed E-state index contributed by atoms with van der Waals surface area (Å²) in [5.74, 6) is -0.966. The van der Waals surface area contributed by atoms with E-state index in [1.54, 1.807) is 12.1 Å². The third-order valence-electron chi connectivity index (χ3n) is 3.10. The molecule has 3 rings (SSSR count). The summed E-state index contributed by atoms with van der Waals surface area (Å²) in [6.45, 7) is 0. The van der Waals surface area contributed by atoms with E-state index in [4.69, 9.17) is 16.7 Å². The van der Waals surface area contributed by atoms with E-state index in [0.29, 0.717) is 27.6 Å². The lowest BCUT2D eigenvalue weighted by molar-refractivity contribution is 0.0697. The maximum Gasteiger partial charge on any atom is 0.338 e. The fraction of sp³-hybridized carbons (Fsp3) is 0.154. The second-order valence-corrected chi connectivity index (χ2v) is 7.62. The molecule has 120 valence electrons. The molecular formula is C13H11ClN4O4S. The highest BCUT2D eigenvalue weighted by Crippen LogP contribution is 2.25. The Morgan fingerprint density at radius 2 is 2.17 bits per heavy atom. The minimum absolute atomic E-state index is 0.0289. The summed E-state index contributed by atoms with van der Waals surface area (Å²) < 4.78 is 24.1. The first-order valence-electron chi connectivity index (χ1n) is 6.37. The molecule has 0 amide bonds. The van der Waals surface area contributed by atoms with Crippen LogP contribution in [0.4, 0.5) is 0 Å². The molecule has 0 aliphatic rings. The van der Waals surface area contributed by atoms with Crippen LogP contribution in [0, 0.1) is 0 Å². The van der Waals surface area contributed by atoms with Gasteiger partial charge in [-0.05, 0) is 17.7 Å². The van der Waals surface area contributed by atoms with Crippen LogP contribution in [0.25, 0.3) is 17.0 Å². The monoisotopic (exact) mass is 354 g/mol. The van der Waals surface area contributed by atoms with Crippen LogP contribution in [-0.4, -0.2) is 45.5 Å². The van der Waals surface area contributed by atoms with Crippen LogP contribution in [0.15, 0.2) is 24.5 Å². The molecule has 8 nitrogen and oxygen atoms in total. The number of nitrogens with zero attached hydrogens (tertiary/aromatic N) is 3. The molecule has 0 saturated heterocycles. The first kappa shape index (κ1) is 15.5. The van der Waals surface area contributed by atoms with E-state index in [2.05, 4.69) is 15.1 Å². The molecule has 1 aromatic carbocycles. The molecule has 2 aromatic heterocycles. The van der Waals surface area contributed by atoms with Crippen LogP contribution in [0.1, 0.15) is 15.9 Å². The summed E-state index contributed by atoms with van der Waals surface area (Å²) in [5.41, 5.74) is 1.59. The Hall–Kier alpha value is -2.39. The number of carbonyl (C=O) groups is 1. The largest absolute Gasteiger partial charge is 0.478 e. The predicted molar refractivity (Wildman–Crippen MR) is 83.7 cm³/mol. The summed E-state index contributed by atoms with van der Waals surface area (Å²) in [7, 11) is -3.22. The SMILES string of the molecule is CS(=O)(=O)Cc1cc2[nH]c(-n3cc(C(=O)O)cn3)nc2cc1Cl. The highest BCUT2D eigenvalue weighted by atomic mass is 35.5. The minimum atomic E-state index is -3.22. The van der Waals surface area contributed by atoms with E-state index < -0.39 is 15.8 Å². The van der Waals surface area contributed by atoms with Crippen molar-refractivity contribution in [1.82, 2.24) is 19.7 Å². The number of hydrogen-bond acceptors (Lipinski definition) is 5. The van der Waals surface area contributed by atoms with Crippen LogP contribution in [0.3, 0.4) is 0 Å². The van der Waals surface area contributed by atoms with Gasteiger partial charge in [-0.2, -0.15) is 5.10 Å². The maximum absolute atomic E-state index is 11.4. The van der Waals surface area contributed by atoms with Crippen molar-refractivity contribution in [1.29, 1.82) is 0 Å². The highest BCUT2D eigenvalue weighted by molar-refractivity contribution is 7.89. The number of halogens is 1. The Labute approximate surface area is 135 Å². The van der Waals surface area contributed by atoms with Gasteiger partial charge in [-0.25, -0.2) is 22.9 Å². The number of fused-ring (bicyclic) bond motifs is 1. The Kier molecular flexibility index (Phi) is 3.61.